The molecule has 1 aliphatic carbocycles. The van der Waals surface area contributed by atoms with E-state index in [1.165, 1.54) is 13.1 Å². The molecule has 14 heteroatoms. The van der Waals surface area contributed by atoms with Gasteiger partial charge in [-0.05, 0) is 25.0 Å². The third-order valence-electron chi connectivity index (χ3n) is 4.46. The molecule has 0 bridgehead atoms. The average molecular weight is 457 g/mol. The molecule has 0 spiro atoms. The molecule has 0 heterocycles. The number of rotatable bonds is 9. The second-order valence-corrected chi connectivity index (χ2v) is 8.44. The first-order valence-electron chi connectivity index (χ1n) is 9.34. The molecule has 1 aromatic rings. The van der Waals surface area contributed by atoms with Crippen LogP contribution in [-0.4, -0.2) is 57.5 Å². The predicted octanol–water partition coefficient (Wildman–Crippen LogP) is 0.226. The monoisotopic (exact) mass is 457 g/mol. The number of anilines is 1. The summed E-state index contributed by atoms with van der Waals surface area (Å²) in [6.45, 7) is -1.59. The quantitative estimate of drug-likeness (QED) is 0.229. The lowest BCUT2D eigenvalue weighted by Crippen LogP contribution is -2.45. The van der Waals surface area contributed by atoms with Crippen LogP contribution in [-0.2, 0) is 24.3 Å². The van der Waals surface area contributed by atoms with Crippen LogP contribution in [0.25, 0.3) is 0 Å². The highest BCUT2D eigenvalue weighted by atomic mass is 32.2. The van der Waals surface area contributed by atoms with Crippen molar-refractivity contribution in [3.8, 4) is 0 Å². The van der Waals surface area contributed by atoms with Crippen LogP contribution in [0.1, 0.15) is 25.7 Å². The molecule has 170 valence electrons. The second kappa shape index (κ2) is 10.7. The Kier molecular flexibility index (Phi) is 8.27. The maximum atomic E-state index is 12.3. The number of benzene rings is 1. The number of urea groups is 1. The van der Waals surface area contributed by atoms with Gasteiger partial charge < -0.3 is 15.4 Å². The molecular weight excluding hydrogens is 434 g/mol. The third kappa shape index (κ3) is 7.18. The molecule has 1 aromatic carbocycles. The van der Waals surface area contributed by atoms with E-state index < -0.39 is 56.6 Å². The minimum Gasteiger partial charge on any atom is -0.455 e. The van der Waals surface area contributed by atoms with Crippen LogP contribution in [0.15, 0.2) is 23.1 Å². The van der Waals surface area contributed by atoms with Gasteiger partial charge >= 0.3 is 12.0 Å². The van der Waals surface area contributed by atoms with Crippen LogP contribution in [0.5, 0.6) is 0 Å². The van der Waals surface area contributed by atoms with Gasteiger partial charge in [0.2, 0.25) is 10.0 Å². The van der Waals surface area contributed by atoms with Crippen molar-refractivity contribution in [1.82, 2.24) is 15.4 Å². The molecule has 0 unspecified atom stereocenters. The maximum absolute atomic E-state index is 12.3. The lowest BCUT2D eigenvalue weighted by atomic mass is 10.2. The van der Waals surface area contributed by atoms with Crippen LogP contribution in [0, 0.1) is 10.1 Å². The summed E-state index contributed by atoms with van der Waals surface area (Å²) in [6.07, 6.45) is 3.66. The normalized spacial score (nSPS) is 14.0. The highest BCUT2D eigenvalue weighted by Gasteiger charge is 2.22. The van der Waals surface area contributed by atoms with Crippen molar-refractivity contribution >= 4 is 39.3 Å². The molecule has 0 radical (unpaired) electrons. The molecule has 0 saturated heterocycles. The molecule has 2 rings (SSSR count). The number of esters is 1. The van der Waals surface area contributed by atoms with E-state index in [-0.39, 0.29) is 11.7 Å². The number of nitro benzene ring substituents is 1. The highest BCUT2D eigenvalue weighted by Crippen LogP contribution is 2.26. The zero-order valence-corrected chi connectivity index (χ0v) is 17.5. The van der Waals surface area contributed by atoms with E-state index in [0.29, 0.717) is 0 Å². The minimum absolute atomic E-state index is 0.00255. The van der Waals surface area contributed by atoms with E-state index in [1.807, 2.05) is 10.0 Å². The Labute approximate surface area is 178 Å². The Morgan fingerprint density at radius 3 is 2.52 bits per heavy atom. The topological polar surface area (TPSA) is 186 Å². The molecule has 4 N–H and O–H groups in total. The van der Waals surface area contributed by atoms with Crippen molar-refractivity contribution in [2.75, 3.05) is 25.5 Å². The van der Waals surface area contributed by atoms with Crippen molar-refractivity contribution in [2.45, 2.75) is 36.6 Å². The van der Waals surface area contributed by atoms with Crippen molar-refractivity contribution < 1.29 is 32.5 Å². The number of hydrogen-bond acceptors (Lipinski definition) is 9. The third-order valence-corrected chi connectivity index (χ3v) is 5.86. The van der Waals surface area contributed by atoms with Gasteiger partial charge in [-0.25, -0.2) is 13.2 Å². The zero-order valence-electron chi connectivity index (χ0n) is 16.7. The number of nitrogens with one attached hydrogen (secondary N) is 4. The van der Waals surface area contributed by atoms with E-state index in [4.69, 9.17) is 0 Å². The number of carbonyl (C=O) groups is 3. The van der Waals surface area contributed by atoms with Crippen LogP contribution < -0.4 is 20.7 Å². The summed E-state index contributed by atoms with van der Waals surface area (Å²) >= 11 is 0. The van der Waals surface area contributed by atoms with E-state index in [9.17, 15) is 32.9 Å². The van der Waals surface area contributed by atoms with Crippen LogP contribution in [0.2, 0.25) is 0 Å². The van der Waals surface area contributed by atoms with Gasteiger partial charge in [-0.1, -0.05) is 12.8 Å². The molecule has 1 aliphatic rings. The number of sulfonamides is 1. The number of imide groups is 1. The van der Waals surface area contributed by atoms with E-state index in [1.54, 1.807) is 0 Å². The van der Waals surface area contributed by atoms with Crippen LogP contribution in [0.4, 0.5) is 16.2 Å². The lowest BCUT2D eigenvalue weighted by molar-refractivity contribution is -0.384. The summed E-state index contributed by atoms with van der Waals surface area (Å²) in [5.41, 5.74) is -0.341. The molecule has 1 fully saturated rings. The molecule has 31 heavy (non-hydrogen) atoms. The molecule has 13 nitrogen and oxygen atoms in total. The van der Waals surface area contributed by atoms with Crippen molar-refractivity contribution in [3.63, 3.8) is 0 Å². The SMILES string of the molecule is CNc1ccc(S(=O)(=O)NCC(=O)OCC(=O)NC(=O)NC2CCCC2)cc1[N+](=O)[O-]. The zero-order chi connectivity index (χ0) is 23.0. The van der Waals surface area contributed by atoms with Crippen LogP contribution >= 0.6 is 0 Å². The molecule has 1 saturated carbocycles. The first-order valence-corrected chi connectivity index (χ1v) is 10.8. The van der Waals surface area contributed by atoms with Crippen LogP contribution in [0.3, 0.4) is 0 Å². The Morgan fingerprint density at radius 2 is 1.90 bits per heavy atom. The maximum Gasteiger partial charge on any atom is 0.321 e. The van der Waals surface area contributed by atoms with Crippen molar-refractivity contribution in [2.24, 2.45) is 0 Å². The van der Waals surface area contributed by atoms with Gasteiger partial charge in [0.1, 0.15) is 12.2 Å². The Morgan fingerprint density at radius 1 is 1.23 bits per heavy atom. The van der Waals surface area contributed by atoms with E-state index >= 15 is 0 Å². The first-order chi connectivity index (χ1) is 14.6. The van der Waals surface area contributed by atoms with Crippen molar-refractivity contribution in [3.05, 3.63) is 28.3 Å². The Balaban J connectivity index is 1.81. The van der Waals surface area contributed by atoms with E-state index in [0.717, 1.165) is 37.8 Å². The fraction of sp³-hybridized carbons (Fsp3) is 0.471. The van der Waals surface area contributed by atoms with Gasteiger partial charge in [0.05, 0.1) is 9.82 Å². The standard InChI is InChI=1S/C17H23N5O8S/c1-18-13-7-6-12(8-14(13)22(26)27)31(28,29)19-9-16(24)30-10-15(23)21-17(25)20-11-4-2-3-5-11/h6-8,11,18-19H,2-5,9-10H2,1H3,(H2,20,21,23,25). The molecular formula is C17H23N5O8S. The van der Waals surface area contributed by atoms with E-state index in [2.05, 4.69) is 15.4 Å². The van der Waals surface area contributed by atoms with Crippen molar-refractivity contribution in [1.29, 1.82) is 0 Å². The highest BCUT2D eigenvalue weighted by molar-refractivity contribution is 7.89. The summed E-state index contributed by atoms with van der Waals surface area (Å²) in [6, 6.07) is 2.49. The molecule has 0 atom stereocenters. The average Bonchev–Trinajstić information content (AvgIpc) is 3.22. The number of hydrogen-bond donors (Lipinski definition) is 4. The largest absolute Gasteiger partial charge is 0.455 e. The van der Waals surface area contributed by atoms with Gasteiger partial charge in [-0.3, -0.25) is 25.0 Å². The van der Waals surface area contributed by atoms with Gasteiger partial charge in [0.25, 0.3) is 11.6 Å². The number of ether oxygens (including phenoxy) is 1. The summed E-state index contributed by atoms with van der Waals surface area (Å²) in [4.78, 5) is 44.9. The number of amides is 3. The number of nitrogens with zero attached hydrogens (tertiary/aromatic N) is 1. The predicted molar refractivity (Wildman–Crippen MR) is 108 cm³/mol. The fourth-order valence-electron chi connectivity index (χ4n) is 2.93. The number of nitro groups is 1. The minimum atomic E-state index is -4.26. The summed E-state index contributed by atoms with van der Waals surface area (Å²) in [5, 5.41) is 18.3. The molecule has 0 aliphatic heterocycles. The number of carbonyl (C=O) groups excluding carboxylic acids is 3. The van der Waals surface area contributed by atoms with Gasteiger partial charge in [-0.15, -0.1) is 0 Å². The Hall–Kier alpha value is -3.26. The first kappa shape index (κ1) is 24.0. The lowest BCUT2D eigenvalue weighted by Gasteiger charge is -2.12. The van der Waals surface area contributed by atoms with Gasteiger partial charge in [-0.2, -0.15) is 4.72 Å². The second-order valence-electron chi connectivity index (χ2n) is 6.67. The van der Waals surface area contributed by atoms with Gasteiger partial charge in [0.15, 0.2) is 6.61 Å². The fourth-order valence-corrected chi connectivity index (χ4v) is 3.92. The van der Waals surface area contributed by atoms with Gasteiger partial charge in [0, 0.05) is 19.2 Å². The summed E-state index contributed by atoms with van der Waals surface area (Å²) in [7, 11) is -2.81. The molecule has 0 aromatic heterocycles. The molecule has 3 amide bonds. The summed E-state index contributed by atoms with van der Waals surface area (Å²) in [5.74, 6) is -1.94. The Bertz CT molecular complexity index is 959. The smallest absolute Gasteiger partial charge is 0.321 e. The summed E-state index contributed by atoms with van der Waals surface area (Å²) < 4.78 is 31.1.